The van der Waals surface area contributed by atoms with Gasteiger partial charge in [0, 0.05) is 6.54 Å². The molecule has 0 aliphatic heterocycles. The first-order valence-corrected chi connectivity index (χ1v) is 8.08. The van der Waals surface area contributed by atoms with Crippen LogP contribution < -0.4 is 5.73 Å². The van der Waals surface area contributed by atoms with Gasteiger partial charge in [0.05, 0.1) is 12.2 Å². The average molecular weight is 219 g/mol. The minimum absolute atomic E-state index is 0.166. The molecule has 0 radical (unpaired) electrons. The van der Waals surface area contributed by atoms with Crippen LogP contribution in [0.3, 0.4) is 0 Å². The van der Waals surface area contributed by atoms with Gasteiger partial charge >= 0.3 is 0 Å². The average Bonchev–Trinajstić information content (AvgIpc) is 2.00. The molecule has 4 heteroatoms. The molecule has 0 spiro atoms. The first kappa shape index (κ1) is 14.1. The molecule has 86 valence electrons. The van der Waals surface area contributed by atoms with Crippen LogP contribution in [0.2, 0.25) is 18.1 Å². The predicted molar refractivity (Wildman–Crippen MR) is 62.8 cm³/mol. The molecule has 0 fully saturated rings. The van der Waals surface area contributed by atoms with Crippen LogP contribution in [0.5, 0.6) is 0 Å². The summed E-state index contributed by atoms with van der Waals surface area (Å²) in [4.78, 5) is 0. The lowest BCUT2D eigenvalue weighted by molar-refractivity contribution is 0.0447. The molecule has 0 rings (SSSR count). The van der Waals surface area contributed by atoms with Gasteiger partial charge in [-0.2, -0.15) is 0 Å². The zero-order valence-corrected chi connectivity index (χ0v) is 11.3. The summed E-state index contributed by atoms with van der Waals surface area (Å²) in [6.45, 7) is 13.0. The number of aliphatic hydroxyl groups excluding tert-OH is 1. The monoisotopic (exact) mass is 219 g/mol. The van der Waals surface area contributed by atoms with Crippen LogP contribution in [-0.2, 0) is 4.43 Å². The van der Waals surface area contributed by atoms with Crippen molar-refractivity contribution >= 4 is 8.32 Å². The molecule has 3 nitrogen and oxygen atoms in total. The van der Waals surface area contributed by atoms with Gasteiger partial charge in [-0.15, -0.1) is 0 Å². The third kappa shape index (κ3) is 3.69. The van der Waals surface area contributed by atoms with Crippen molar-refractivity contribution < 1.29 is 9.53 Å². The lowest BCUT2D eigenvalue weighted by Crippen LogP contribution is -2.47. The summed E-state index contributed by atoms with van der Waals surface area (Å²) < 4.78 is 5.96. The minimum atomic E-state index is -1.76. The topological polar surface area (TPSA) is 55.5 Å². The highest BCUT2D eigenvalue weighted by atomic mass is 28.4. The van der Waals surface area contributed by atoms with Crippen LogP contribution in [0.25, 0.3) is 0 Å². The molecule has 0 saturated carbocycles. The van der Waals surface area contributed by atoms with Crippen LogP contribution in [0.15, 0.2) is 0 Å². The fourth-order valence-electron chi connectivity index (χ4n) is 0.912. The molecule has 2 unspecified atom stereocenters. The summed E-state index contributed by atoms with van der Waals surface area (Å²) in [5.41, 5.74) is 5.39. The third-order valence-electron chi connectivity index (χ3n) is 3.07. The first-order valence-electron chi connectivity index (χ1n) is 5.18. The van der Waals surface area contributed by atoms with Crippen molar-refractivity contribution in [1.82, 2.24) is 0 Å². The summed E-state index contributed by atoms with van der Waals surface area (Å²) in [5.74, 6) is 0. The molecular weight excluding hydrogens is 194 g/mol. The fourth-order valence-corrected chi connectivity index (χ4v) is 2.35. The van der Waals surface area contributed by atoms with Crippen molar-refractivity contribution in [1.29, 1.82) is 0 Å². The van der Waals surface area contributed by atoms with Gasteiger partial charge in [0.15, 0.2) is 8.32 Å². The maximum atomic E-state index is 9.53. The molecule has 0 bridgehead atoms. The molecule has 14 heavy (non-hydrogen) atoms. The second-order valence-electron chi connectivity index (χ2n) is 5.39. The lowest BCUT2D eigenvalue weighted by atomic mass is 10.2. The molecule has 0 aromatic rings. The zero-order valence-electron chi connectivity index (χ0n) is 10.3. The number of hydrogen-bond donors (Lipinski definition) is 2. The van der Waals surface area contributed by atoms with E-state index in [1.807, 2.05) is 6.92 Å². The summed E-state index contributed by atoms with van der Waals surface area (Å²) in [7, 11) is -1.76. The summed E-state index contributed by atoms with van der Waals surface area (Å²) in [5, 5.41) is 9.70. The van der Waals surface area contributed by atoms with E-state index in [0.717, 1.165) is 0 Å². The van der Waals surface area contributed by atoms with Gasteiger partial charge in [-0.25, -0.2) is 0 Å². The molecule has 0 aliphatic carbocycles. The van der Waals surface area contributed by atoms with Gasteiger partial charge in [0.25, 0.3) is 0 Å². The van der Waals surface area contributed by atoms with Crippen molar-refractivity contribution in [2.24, 2.45) is 5.73 Å². The smallest absolute Gasteiger partial charge is 0.192 e. The summed E-state index contributed by atoms with van der Waals surface area (Å²) in [6.07, 6.45) is -0.718. The van der Waals surface area contributed by atoms with E-state index in [4.69, 9.17) is 10.2 Å². The molecule has 0 heterocycles. The number of nitrogens with two attached hydrogens (primary N) is 1. The highest BCUT2D eigenvalue weighted by molar-refractivity contribution is 6.74. The normalized spacial score (nSPS) is 18.0. The Balaban J connectivity index is 4.36. The van der Waals surface area contributed by atoms with Gasteiger partial charge in [0.1, 0.15) is 0 Å². The Labute approximate surface area is 88.8 Å². The summed E-state index contributed by atoms with van der Waals surface area (Å²) in [6, 6.07) is 0. The Hall–Kier alpha value is 0.0969. The van der Waals surface area contributed by atoms with Crippen molar-refractivity contribution in [2.75, 3.05) is 6.54 Å². The highest BCUT2D eigenvalue weighted by Gasteiger charge is 2.39. The number of rotatable bonds is 4. The van der Waals surface area contributed by atoms with Crippen LogP contribution in [0.4, 0.5) is 0 Å². The van der Waals surface area contributed by atoms with Crippen molar-refractivity contribution in [3.63, 3.8) is 0 Å². The molecule has 0 aromatic heterocycles. The molecule has 0 amide bonds. The van der Waals surface area contributed by atoms with Gasteiger partial charge in [-0.05, 0) is 25.1 Å². The van der Waals surface area contributed by atoms with E-state index in [-0.39, 0.29) is 17.7 Å². The predicted octanol–water partition coefficient (Wildman–Crippen LogP) is 1.72. The van der Waals surface area contributed by atoms with Gasteiger partial charge < -0.3 is 15.3 Å². The van der Waals surface area contributed by atoms with Crippen molar-refractivity contribution in [3.8, 4) is 0 Å². The SMILES string of the molecule is CC(O[Si](C)(C)C(C)(C)C)C(O)CN. The van der Waals surface area contributed by atoms with Crippen molar-refractivity contribution in [2.45, 2.75) is 58.0 Å². The van der Waals surface area contributed by atoms with Crippen LogP contribution in [0, 0.1) is 0 Å². The van der Waals surface area contributed by atoms with E-state index in [2.05, 4.69) is 33.9 Å². The Morgan fingerprint density at radius 2 is 1.79 bits per heavy atom. The Morgan fingerprint density at radius 1 is 1.36 bits per heavy atom. The second kappa shape index (κ2) is 4.75. The van der Waals surface area contributed by atoms with Crippen LogP contribution >= 0.6 is 0 Å². The van der Waals surface area contributed by atoms with E-state index >= 15 is 0 Å². The minimum Gasteiger partial charge on any atom is -0.412 e. The Bertz CT molecular complexity index is 177. The highest BCUT2D eigenvalue weighted by Crippen LogP contribution is 2.37. The van der Waals surface area contributed by atoms with Crippen LogP contribution in [-0.4, -0.2) is 32.2 Å². The van der Waals surface area contributed by atoms with Crippen molar-refractivity contribution in [3.05, 3.63) is 0 Å². The standard InChI is InChI=1S/C10H25NO2Si/c1-8(9(12)7-11)13-14(5,6)10(2,3)4/h8-9,12H,7,11H2,1-6H3. The van der Waals surface area contributed by atoms with Gasteiger partial charge in [-0.1, -0.05) is 20.8 Å². The van der Waals surface area contributed by atoms with E-state index in [0.29, 0.717) is 0 Å². The number of hydrogen-bond acceptors (Lipinski definition) is 3. The quantitative estimate of drug-likeness (QED) is 0.708. The third-order valence-corrected chi connectivity index (χ3v) is 7.64. The Morgan fingerprint density at radius 3 is 2.07 bits per heavy atom. The molecule has 3 N–H and O–H groups in total. The van der Waals surface area contributed by atoms with Gasteiger partial charge in [-0.3, -0.25) is 0 Å². The molecule has 0 aliphatic rings. The maximum Gasteiger partial charge on any atom is 0.192 e. The second-order valence-corrected chi connectivity index (χ2v) is 10.1. The van der Waals surface area contributed by atoms with Gasteiger partial charge in [0.2, 0.25) is 0 Å². The maximum absolute atomic E-state index is 9.53. The first-order chi connectivity index (χ1) is 6.12. The molecule has 2 atom stereocenters. The van der Waals surface area contributed by atoms with Crippen LogP contribution in [0.1, 0.15) is 27.7 Å². The zero-order chi connectivity index (χ0) is 11.6. The van der Waals surface area contributed by atoms with E-state index < -0.39 is 14.4 Å². The van der Waals surface area contributed by atoms with E-state index in [1.165, 1.54) is 0 Å². The largest absolute Gasteiger partial charge is 0.412 e. The van der Waals surface area contributed by atoms with E-state index in [1.54, 1.807) is 0 Å². The molecular formula is C10H25NO2Si. The summed E-state index contributed by atoms with van der Waals surface area (Å²) >= 11 is 0. The molecule has 0 aromatic carbocycles. The molecule has 0 saturated heterocycles. The lowest BCUT2D eigenvalue weighted by Gasteiger charge is -2.39. The Kier molecular flexibility index (Phi) is 4.78. The number of aliphatic hydroxyl groups is 1. The fraction of sp³-hybridized carbons (Fsp3) is 1.00. The van der Waals surface area contributed by atoms with E-state index in [9.17, 15) is 5.11 Å².